The number of fused-ring (bicyclic) bond motifs is 2. The summed E-state index contributed by atoms with van der Waals surface area (Å²) in [6, 6.07) is 17.1. The third kappa shape index (κ3) is 3.54. The molecule has 32 heavy (non-hydrogen) atoms. The van der Waals surface area contributed by atoms with Crippen LogP contribution in [-0.2, 0) is 6.54 Å². The molecule has 3 heterocycles. The summed E-state index contributed by atoms with van der Waals surface area (Å²) in [5.41, 5.74) is 5.23. The number of nitrogens with zero attached hydrogens (tertiary/aromatic N) is 4. The number of carbonyl (C=O) groups excluding carboxylic acids is 1. The van der Waals surface area contributed by atoms with Gasteiger partial charge in [0.2, 0.25) is 0 Å². The summed E-state index contributed by atoms with van der Waals surface area (Å²) in [5.74, 6) is -0.209. The Kier molecular flexibility index (Phi) is 5.19. The molecular weight excluding hydrogens is 466 g/mol. The lowest BCUT2D eigenvalue weighted by Gasteiger charge is -2.12. The summed E-state index contributed by atoms with van der Waals surface area (Å²) in [4.78, 5) is 22.8. The summed E-state index contributed by atoms with van der Waals surface area (Å²) < 4.78 is 2.81. The van der Waals surface area contributed by atoms with Crippen LogP contribution >= 0.6 is 15.9 Å². The minimum atomic E-state index is -0.209. The second-order valence-corrected chi connectivity index (χ2v) is 8.36. The van der Waals surface area contributed by atoms with E-state index < -0.39 is 0 Å². The maximum absolute atomic E-state index is 13.5. The monoisotopic (exact) mass is 485 g/mol. The van der Waals surface area contributed by atoms with E-state index in [2.05, 4.69) is 31.3 Å². The summed E-state index contributed by atoms with van der Waals surface area (Å²) in [5, 5.41) is 9.33. The molecule has 1 N–H and O–H groups in total. The lowest BCUT2D eigenvalue weighted by atomic mass is 10.0. The molecule has 0 radical (unpaired) electrons. The van der Waals surface area contributed by atoms with E-state index in [-0.39, 0.29) is 5.91 Å². The predicted molar refractivity (Wildman–Crippen MR) is 131 cm³/mol. The molecule has 0 saturated carbocycles. The molecule has 3 aromatic heterocycles. The third-order valence-electron chi connectivity index (χ3n) is 5.47. The molecule has 0 atom stereocenters. The molecular formula is C25H20BrN5O. The van der Waals surface area contributed by atoms with Gasteiger partial charge in [0, 0.05) is 39.7 Å². The van der Waals surface area contributed by atoms with Crippen LogP contribution in [0.4, 0.5) is 5.69 Å². The van der Waals surface area contributed by atoms with Gasteiger partial charge in [-0.1, -0.05) is 40.2 Å². The fourth-order valence-corrected chi connectivity index (χ4v) is 4.31. The molecule has 0 saturated heterocycles. The molecule has 0 spiro atoms. The molecule has 2 aromatic carbocycles. The maximum Gasteiger partial charge on any atom is 0.256 e. The molecule has 158 valence electrons. The largest absolute Gasteiger partial charge is 0.320 e. The lowest BCUT2D eigenvalue weighted by molar-refractivity contribution is 0.102. The number of pyridine rings is 2. The Balaban J connectivity index is 1.63. The Labute approximate surface area is 193 Å². The zero-order valence-corrected chi connectivity index (χ0v) is 19.2. The molecule has 0 aliphatic carbocycles. The number of hydrogen-bond acceptors (Lipinski definition) is 4. The quantitative estimate of drug-likeness (QED) is 0.339. The highest BCUT2D eigenvalue weighted by Gasteiger charge is 2.18. The zero-order chi connectivity index (χ0) is 22.2. The molecule has 6 nitrogen and oxygen atoms in total. The Morgan fingerprint density at radius 1 is 1.09 bits per heavy atom. The summed E-state index contributed by atoms with van der Waals surface area (Å²) >= 11 is 3.56. The number of para-hydroxylation sites is 1. The van der Waals surface area contributed by atoms with Crippen LogP contribution in [-0.4, -0.2) is 25.7 Å². The number of hydrogen-bond donors (Lipinski definition) is 1. The van der Waals surface area contributed by atoms with Gasteiger partial charge in [0.1, 0.15) is 0 Å². The average molecular weight is 486 g/mol. The molecule has 0 aliphatic rings. The van der Waals surface area contributed by atoms with Crippen molar-refractivity contribution in [1.29, 1.82) is 0 Å². The van der Waals surface area contributed by atoms with E-state index in [0.29, 0.717) is 11.3 Å². The second-order valence-electron chi connectivity index (χ2n) is 7.50. The highest BCUT2D eigenvalue weighted by Crippen LogP contribution is 2.30. The van der Waals surface area contributed by atoms with Crippen LogP contribution in [0.1, 0.15) is 23.0 Å². The van der Waals surface area contributed by atoms with Crippen LogP contribution in [0.2, 0.25) is 0 Å². The summed E-state index contributed by atoms with van der Waals surface area (Å²) in [6.07, 6.45) is 3.69. The van der Waals surface area contributed by atoms with Crippen molar-refractivity contribution in [1.82, 2.24) is 19.7 Å². The van der Waals surface area contributed by atoms with E-state index in [0.717, 1.165) is 49.8 Å². The van der Waals surface area contributed by atoms with Crippen LogP contribution in [0.5, 0.6) is 0 Å². The molecule has 0 fully saturated rings. The normalized spacial score (nSPS) is 11.2. The van der Waals surface area contributed by atoms with Crippen LogP contribution < -0.4 is 5.32 Å². The predicted octanol–water partition coefficient (Wildman–Crippen LogP) is 5.99. The number of rotatable bonds is 4. The van der Waals surface area contributed by atoms with Gasteiger partial charge in [-0.25, -0.2) is 4.98 Å². The van der Waals surface area contributed by atoms with E-state index in [1.54, 1.807) is 6.20 Å². The molecule has 0 bridgehead atoms. The average Bonchev–Trinajstić information content (AvgIpc) is 3.21. The van der Waals surface area contributed by atoms with Gasteiger partial charge in [-0.3, -0.25) is 14.5 Å². The van der Waals surface area contributed by atoms with Crippen molar-refractivity contribution in [2.24, 2.45) is 0 Å². The van der Waals surface area contributed by atoms with E-state index in [1.807, 2.05) is 79.3 Å². The number of aromatic nitrogens is 4. The first kappa shape index (κ1) is 20.3. The van der Waals surface area contributed by atoms with Crippen LogP contribution in [0.15, 0.2) is 71.5 Å². The molecule has 0 aliphatic heterocycles. The molecule has 0 unspecified atom stereocenters. The van der Waals surface area contributed by atoms with Crippen molar-refractivity contribution in [3.8, 4) is 11.3 Å². The van der Waals surface area contributed by atoms with Crippen molar-refractivity contribution in [3.05, 3.63) is 82.7 Å². The van der Waals surface area contributed by atoms with Crippen LogP contribution in [0, 0.1) is 6.92 Å². The SMILES string of the molecule is CCn1cc(-c2cc(C(=O)Nc3ccc(Br)c4cccnc34)c3ccccc3n2)c(C)n1. The van der Waals surface area contributed by atoms with Crippen molar-refractivity contribution in [2.75, 3.05) is 5.32 Å². The van der Waals surface area contributed by atoms with Gasteiger partial charge in [-0.2, -0.15) is 5.10 Å². The molecule has 5 aromatic rings. The van der Waals surface area contributed by atoms with Gasteiger partial charge >= 0.3 is 0 Å². The number of halogens is 1. The first-order chi connectivity index (χ1) is 15.5. The second kappa shape index (κ2) is 8.16. The Morgan fingerprint density at radius 3 is 2.72 bits per heavy atom. The van der Waals surface area contributed by atoms with Crippen LogP contribution in [0.25, 0.3) is 33.1 Å². The number of nitrogens with one attached hydrogen (secondary N) is 1. The first-order valence-corrected chi connectivity index (χ1v) is 11.1. The fourth-order valence-electron chi connectivity index (χ4n) is 3.86. The Bertz CT molecular complexity index is 1490. The molecule has 5 rings (SSSR count). The number of carbonyl (C=O) groups is 1. The fraction of sp³-hybridized carbons (Fsp3) is 0.120. The minimum Gasteiger partial charge on any atom is -0.320 e. The summed E-state index contributed by atoms with van der Waals surface area (Å²) in [6.45, 7) is 4.77. The number of aryl methyl sites for hydroxylation is 2. The van der Waals surface area contributed by atoms with E-state index in [9.17, 15) is 4.79 Å². The number of amides is 1. The van der Waals surface area contributed by atoms with Crippen molar-refractivity contribution < 1.29 is 4.79 Å². The van der Waals surface area contributed by atoms with Gasteiger partial charge in [0.25, 0.3) is 5.91 Å². The van der Waals surface area contributed by atoms with Crippen molar-refractivity contribution in [2.45, 2.75) is 20.4 Å². The van der Waals surface area contributed by atoms with Gasteiger partial charge in [0.05, 0.1) is 33.7 Å². The van der Waals surface area contributed by atoms with Gasteiger partial charge in [-0.15, -0.1) is 0 Å². The van der Waals surface area contributed by atoms with Crippen LogP contribution in [0.3, 0.4) is 0 Å². The number of anilines is 1. The Hall–Kier alpha value is -3.58. The minimum absolute atomic E-state index is 0.209. The van der Waals surface area contributed by atoms with E-state index in [4.69, 9.17) is 4.98 Å². The van der Waals surface area contributed by atoms with E-state index in [1.165, 1.54) is 0 Å². The highest BCUT2D eigenvalue weighted by atomic mass is 79.9. The summed E-state index contributed by atoms with van der Waals surface area (Å²) in [7, 11) is 0. The van der Waals surface area contributed by atoms with Gasteiger partial charge in [0.15, 0.2) is 0 Å². The van der Waals surface area contributed by atoms with Crippen molar-refractivity contribution >= 4 is 49.3 Å². The lowest BCUT2D eigenvalue weighted by Crippen LogP contribution is -2.13. The van der Waals surface area contributed by atoms with Gasteiger partial charge in [-0.05, 0) is 44.2 Å². The van der Waals surface area contributed by atoms with Gasteiger partial charge < -0.3 is 5.32 Å². The van der Waals surface area contributed by atoms with E-state index >= 15 is 0 Å². The molecule has 7 heteroatoms. The maximum atomic E-state index is 13.5. The molecule has 1 amide bonds. The third-order valence-corrected chi connectivity index (χ3v) is 6.16. The first-order valence-electron chi connectivity index (χ1n) is 10.3. The Morgan fingerprint density at radius 2 is 1.91 bits per heavy atom. The highest BCUT2D eigenvalue weighted by molar-refractivity contribution is 9.10. The zero-order valence-electron chi connectivity index (χ0n) is 17.6. The topological polar surface area (TPSA) is 72.7 Å². The van der Waals surface area contributed by atoms with Crippen molar-refractivity contribution in [3.63, 3.8) is 0 Å². The standard InChI is InChI=1S/C25H20BrN5O/c1-3-31-14-19(15(2)30-31)23-13-18(16-7-4-5-9-21(16)28-23)25(32)29-22-11-10-20(26)17-8-6-12-27-24(17)22/h4-14H,3H2,1-2H3,(H,29,32). The smallest absolute Gasteiger partial charge is 0.256 e. The number of benzene rings is 2.